The Balaban J connectivity index is 1.86. The van der Waals surface area contributed by atoms with Gasteiger partial charge in [-0.05, 0) is 49.2 Å². The van der Waals surface area contributed by atoms with E-state index in [1.54, 1.807) is 24.4 Å². The first kappa shape index (κ1) is 12.4. The van der Waals surface area contributed by atoms with Crippen LogP contribution in [0.25, 0.3) is 11.1 Å². The molecule has 2 heterocycles. The summed E-state index contributed by atoms with van der Waals surface area (Å²) in [4.78, 5) is 16.3. The molecule has 3 aromatic rings. The second-order valence-corrected chi connectivity index (χ2v) is 4.75. The number of rotatable bonds is 2. The van der Waals surface area contributed by atoms with Crippen molar-refractivity contribution in [2.24, 2.45) is 0 Å². The van der Waals surface area contributed by atoms with E-state index in [-0.39, 0.29) is 11.7 Å². The van der Waals surface area contributed by atoms with Crippen LogP contribution in [0.15, 0.2) is 47.0 Å². The topological polar surface area (TPSA) is 55.1 Å². The monoisotopic (exact) mass is 266 g/mol. The molecular weight excluding hydrogens is 252 g/mol. The smallest absolute Gasteiger partial charge is 0.291 e. The van der Waals surface area contributed by atoms with E-state index >= 15 is 0 Å². The van der Waals surface area contributed by atoms with Crippen LogP contribution < -0.4 is 5.32 Å². The van der Waals surface area contributed by atoms with Crippen molar-refractivity contribution >= 4 is 22.7 Å². The summed E-state index contributed by atoms with van der Waals surface area (Å²) in [5, 5.41) is 2.83. The maximum absolute atomic E-state index is 12.1. The van der Waals surface area contributed by atoms with Gasteiger partial charge in [0.2, 0.25) is 0 Å². The van der Waals surface area contributed by atoms with Crippen molar-refractivity contribution in [2.45, 2.75) is 13.8 Å². The van der Waals surface area contributed by atoms with E-state index in [9.17, 15) is 4.79 Å². The molecule has 0 spiro atoms. The Morgan fingerprint density at radius 2 is 2.00 bits per heavy atom. The largest absolute Gasteiger partial charge is 0.449 e. The summed E-state index contributed by atoms with van der Waals surface area (Å²) in [6.07, 6.45) is 1.67. The van der Waals surface area contributed by atoms with E-state index in [1.807, 2.05) is 32.0 Å². The number of aryl methyl sites for hydroxylation is 2. The van der Waals surface area contributed by atoms with Gasteiger partial charge in [-0.15, -0.1) is 0 Å². The van der Waals surface area contributed by atoms with Gasteiger partial charge in [-0.25, -0.2) is 0 Å². The second kappa shape index (κ2) is 4.81. The van der Waals surface area contributed by atoms with Gasteiger partial charge in [0.25, 0.3) is 5.91 Å². The molecule has 0 aliphatic carbocycles. The number of pyridine rings is 1. The molecule has 0 fully saturated rings. The summed E-state index contributed by atoms with van der Waals surface area (Å²) in [6, 6.07) is 11.0. The molecule has 0 unspecified atom stereocenters. The molecule has 3 rings (SSSR count). The molecule has 0 saturated heterocycles. The SMILES string of the molecule is Cc1ccc(NC(=O)c2cc3ncccc3o2)cc1C. The van der Waals surface area contributed by atoms with Gasteiger partial charge in [0.1, 0.15) is 5.52 Å². The summed E-state index contributed by atoms with van der Waals surface area (Å²) in [5.41, 5.74) is 4.37. The number of amides is 1. The lowest BCUT2D eigenvalue weighted by molar-refractivity contribution is 0.0998. The Labute approximate surface area is 116 Å². The third-order valence-electron chi connectivity index (χ3n) is 3.28. The van der Waals surface area contributed by atoms with Crippen molar-refractivity contribution in [3.63, 3.8) is 0 Å². The first-order chi connectivity index (χ1) is 9.63. The molecule has 4 nitrogen and oxygen atoms in total. The van der Waals surface area contributed by atoms with Gasteiger partial charge < -0.3 is 9.73 Å². The fourth-order valence-corrected chi connectivity index (χ4v) is 1.99. The summed E-state index contributed by atoms with van der Waals surface area (Å²) in [5.74, 6) is -0.0109. The van der Waals surface area contributed by atoms with Crippen molar-refractivity contribution < 1.29 is 9.21 Å². The summed E-state index contributed by atoms with van der Waals surface area (Å²) >= 11 is 0. The first-order valence-corrected chi connectivity index (χ1v) is 6.36. The van der Waals surface area contributed by atoms with E-state index in [2.05, 4.69) is 10.3 Å². The minimum atomic E-state index is -0.272. The summed E-state index contributed by atoms with van der Waals surface area (Å²) in [6.45, 7) is 4.04. The Morgan fingerprint density at radius 1 is 1.15 bits per heavy atom. The fourth-order valence-electron chi connectivity index (χ4n) is 1.99. The molecule has 0 atom stereocenters. The highest BCUT2D eigenvalue weighted by atomic mass is 16.3. The van der Waals surface area contributed by atoms with Gasteiger partial charge in [0.05, 0.1) is 0 Å². The number of benzene rings is 1. The lowest BCUT2D eigenvalue weighted by atomic mass is 10.1. The highest BCUT2D eigenvalue weighted by Crippen LogP contribution is 2.19. The Hall–Kier alpha value is -2.62. The van der Waals surface area contributed by atoms with E-state index < -0.39 is 0 Å². The lowest BCUT2D eigenvalue weighted by Gasteiger charge is -2.06. The highest BCUT2D eigenvalue weighted by molar-refractivity contribution is 6.04. The zero-order valence-electron chi connectivity index (χ0n) is 11.3. The summed E-state index contributed by atoms with van der Waals surface area (Å²) in [7, 11) is 0. The van der Waals surface area contributed by atoms with Crippen LogP contribution in [0.2, 0.25) is 0 Å². The van der Waals surface area contributed by atoms with Gasteiger partial charge in [0, 0.05) is 18.0 Å². The fraction of sp³-hybridized carbons (Fsp3) is 0.125. The number of anilines is 1. The molecule has 20 heavy (non-hydrogen) atoms. The minimum absolute atomic E-state index is 0.261. The Bertz CT molecular complexity index is 757. The van der Waals surface area contributed by atoms with Gasteiger partial charge in [-0.2, -0.15) is 0 Å². The molecular formula is C16H14N2O2. The van der Waals surface area contributed by atoms with Gasteiger partial charge in [0.15, 0.2) is 11.3 Å². The number of hydrogen-bond acceptors (Lipinski definition) is 3. The van der Waals surface area contributed by atoms with Crippen LogP contribution in [0, 0.1) is 13.8 Å². The summed E-state index contributed by atoms with van der Waals surface area (Å²) < 4.78 is 5.48. The van der Waals surface area contributed by atoms with E-state index in [0.717, 1.165) is 11.3 Å². The van der Waals surface area contributed by atoms with Crippen LogP contribution in [-0.4, -0.2) is 10.9 Å². The number of hydrogen-bond donors (Lipinski definition) is 1. The van der Waals surface area contributed by atoms with Crippen molar-refractivity contribution in [3.8, 4) is 0 Å². The molecule has 100 valence electrons. The average Bonchev–Trinajstić information content (AvgIpc) is 2.87. The first-order valence-electron chi connectivity index (χ1n) is 6.36. The quantitative estimate of drug-likeness (QED) is 0.769. The van der Waals surface area contributed by atoms with E-state index in [4.69, 9.17) is 4.42 Å². The van der Waals surface area contributed by atoms with Gasteiger partial charge in [-0.1, -0.05) is 6.07 Å². The third kappa shape index (κ3) is 2.28. The normalized spacial score (nSPS) is 10.7. The van der Waals surface area contributed by atoms with Crippen molar-refractivity contribution in [3.05, 3.63) is 59.5 Å². The zero-order chi connectivity index (χ0) is 14.1. The number of carbonyl (C=O) groups excluding carboxylic acids is 1. The highest BCUT2D eigenvalue weighted by Gasteiger charge is 2.13. The number of aromatic nitrogens is 1. The molecule has 4 heteroatoms. The van der Waals surface area contributed by atoms with Crippen LogP contribution in [0.1, 0.15) is 21.7 Å². The standard InChI is InChI=1S/C16H14N2O2/c1-10-5-6-12(8-11(10)2)18-16(19)15-9-13-14(20-15)4-3-7-17-13/h3-9H,1-2H3,(H,18,19). The van der Waals surface area contributed by atoms with Crippen molar-refractivity contribution in [1.82, 2.24) is 4.98 Å². The van der Waals surface area contributed by atoms with Crippen molar-refractivity contribution in [1.29, 1.82) is 0 Å². The molecule has 1 aromatic carbocycles. The predicted octanol–water partition coefficient (Wildman–Crippen LogP) is 3.70. The molecule has 2 aromatic heterocycles. The van der Waals surface area contributed by atoms with Crippen LogP contribution in [0.3, 0.4) is 0 Å². The van der Waals surface area contributed by atoms with Crippen molar-refractivity contribution in [2.75, 3.05) is 5.32 Å². The maximum atomic E-state index is 12.1. The maximum Gasteiger partial charge on any atom is 0.291 e. The van der Waals surface area contributed by atoms with Crippen LogP contribution in [0.4, 0.5) is 5.69 Å². The van der Waals surface area contributed by atoms with Crippen LogP contribution in [-0.2, 0) is 0 Å². The van der Waals surface area contributed by atoms with E-state index in [1.165, 1.54) is 5.56 Å². The number of fused-ring (bicyclic) bond motifs is 1. The molecule has 1 amide bonds. The average molecular weight is 266 g/mol. The number of furan rings is 1. The molecule has 0 saturated carbocycles. The van der Waals surface area contributed by atoms with Crippen LogP contribution >= 0.6 is 0 Å². The second-order valence-electron chi connectivity index (χ2n) is 4.75. The molecule has 0 aliphatic rings. The number of carbonyl (C=O) groups is 1. The van der Waals surface area contributed by atoms with Gasteiger partial charge in [-0.3, -0.25) is 9.78 Å². The Morgan fingerprint density at radius 3 is 2.75 bits per heavy atom. The lowest BCUT2D eigenvalue weighted by Crippen LogP contribution is -2.10. The number of nitrogens with one attached hydrogen (secondary N) is 1. The molecule has 0 radical (unpaired) electrons. The molecule has 0 bridgehead atoms. The van der Waals surface area contributed by atoms with Gasteiger partial charge >= 0.3 is 0 Å². The van der Waals surface area contributed by atoms with Crippen LogP contribution in [0.5, 0.6) is 0 Å². The predicted molar refractivity (Wildman–Crippen MR) is 77.9 cm³/mol. The minimum Gasteiger partial charge on any atom is -0.449 e. The molecule has 0 aliphatic heterocycles. The molecule has 1 N–H and O–H groups in total. The van der Waals surface area contributed by atoms with E-state index in [0.29, 0.717) is 11.1 Å². The third-order valence-corrected chi connectivity index (χ3v) is 3.28. The zero-order valence-corrected chi connectivity index (χ0v) is 11.3. The number of nitrogens with zero attached hydrogens (tertiary/aromatic N) is 1. The Kier molecular flexibility index (Phi) is 2.99.